The normalized spacial score (nSPS) is 26.2. The highest BCUT2D eigenvalue weighted by atomic mass is 16.5. The molecule has 0 aromatic heterocycles. The number of hydrogen-bond donors (Lipinski definition) is 2. The molecule has 1 rings (SSSR count). The number of unbranched alkanes of at least 4 members (excludes halogenated alkanes) is 7. The molecule has 0 radical (unpaired) electrons. The van der Waals surface area contributed by atoms with Crippen molar-refractivity contribution in [3.63, 3.8) is 0 Å². The number of aliphatic hydroxyl groups is 2. The summed E-state index contributed by atoms with van der Waals surface area (Å²) < 4.78 is 5.88. The van der Waals surface area contributed by atoms with Crippen LogP contribution in [0.4, 0.5) is 0 Å². The predicted octanol–water partition coefficient (Wildman–Crippen LogP) is 4.36. The Morgan fingerprint density at radius 1 is 1.14 bits per heavy atom. The van der Waals surface area contributed by atoms with Gasteiger partial charge >= 0.3 is 0 Å². The molecule has 1 aliphatic heterocycles. The van der Waals surface area contributed by atoms with Gasteiger partial charge in [-0.3, -0.25) is 0 Å². The first kappa shape index (κ1) is 19.7. The summed E-state index contributed by atoms with van der Waals surface area (Å²) in [7, 11) is 0. The van der Waals surface area contributed by atoms with Gasteiger partial charge in [-0.2, -0.15) is 0 Å². The van der Waals surface area contributed by atoms with Crippen LogP contribution in [-0.4, -0.2) is 34.6 Å². The summed E-state index contributed by atoms with van der Waals surface area (Å²) in [6.45, 7) is 5.91. The Bertz CT molecular complexity index is 280. The van der Waals surface area contributed by atoms with Gasteiger partial charge in [-0.25, -0.2) is 0 Å². The zero-order chi connectivity index (χ0) is 16.2. The van der Waals surface area contributed by atoms with E-state index in [1.54, 1.807) is 0 Å². The average Bonchev–Trinajstić information content (AvgIpc) is 2.88. The molecule has 130 valence electrons. The highest BCUT2D eigenvalue weighted by Gasteiger charge is 2.36. The molecule has 0 bridgehead atoms. The third-order valence-corrected chi connectivity index (χ3v) is 4.68. The summed E-state index contributed by atoms with van der Waals surface area (Å²) in [6, 6.07) is 0. The van der Waals surface area contributed by atoms with E-state index in [0.717, 1.165) is 32.1 Å². The number of aliphatic hydroxyl groups excluding tert-OH is 2. The number of hydrogen-bond acceptors (Lipinski definition) is 3. The molecule has 0 saturated carbocycles. The van der Waals surface area contributed by atoms with Crippen LogP contribution in [0.25, 0.3) is 0 Å². The molecule has 0 amide bonds. The quantitative estimate of drug-likeness (QED) is 0.392. The summed E-state index contributed by atoms with van der Waals surface area (Å²) in [5.41, 5.74) is 0. The molecule has 22 heavy (non-hydrogen) atoms. The molecule has 3 nitrogen and oxygen atoms in total. The largest absolute Gasteiger partial charge is 0.390 e. The van der Waals surface area contributed by atoms with E-state index in [4.69, 9.17) is 4.74 Å². The second kappa shape index (κ2) is 12.1. The molecule has 1 fully saturated rings. The summed E-state index contributed by atoms with van der Waals surface area (Å²) in [4.78, 5) is 0. The maximum atomic E-state index is 10.2. The molecule has 2 N–H and O–H groups in total. The minimum atomic E-state index is -0.418. The average molecular weight is 312 g/mol. The van der Waals surface area contributed by atoms with E-state index in [2.05, 4.69) is 13.5 Å². The maximum Gasteiger partial charge on any atom is 0.0864 e. The van der Waals surface area contributed by atoms with Crippen molar-refractivity contribution in [2.45, 2.75) is 108 Å². The molecule has 3 heteroatoms. The molecule has 0 unspecified atom stereocenters. The zero-order valence-corrected chi connectivity index (χ0v) is 14.4. The molecule has 0 aromatic rings. The fourth-order valence-electron chi connectivity index (χ4n) is 3.22. The summed E-state index contributed by atoms with van der Waals surface area (Å²) in [5, 5.41) is 20.3. The van der Waals surface area contributed by atoms with Crippen molar-refractivity contribution in [3.05, 3.63) is 12.7 Å². The van der Waals surface area contributed by atoms with Crippen molar-refractivity contribution in [1.82, 2.24) is 0 Å². The van der Waals surface area contributed by atoms with Gasteiger partial charge in [0.1, 0.15) is 0 Å². The van der Waals surface area contributed by atoms with Crippen molar-refractivity contribution >= 4 is 0 Å². The van der Waals surface area contributed by atoms with Gasteiger partial charge in [-0.05, 0) is 25.7 Å². The van der Waals surface area contributed by atoms with Crippen LogP contribution in [0.15, 0.2) is 12.7 Å². The van der Waals surface area contributed by atoms with Crippen LogP contribution in [-0.2, 0) is 4.74 Å². The lowest BCUT2D eigenvalue weighted by Gasteiger charge is -2.19. The van der Waals surface area contributed by atoms with Crippen LogP contribution in [0.5, 0.6) is 0 Å². The Morgan fingerprint density at radius 2 is 1.86 bits per heavy atom. The Kier molecular flexibility index (Phi) is 10.8. The molecule has 0 aliphatic carbocycles. The van der Waals surface area contributed by atoms with Crippen LogP contribution in [0.2, 0.25) is 0 Å². The predicted molar refractivity (Wildman–Crippen MR) is 91.9 cm³/mol. The van der Waals surface area contributed by atoms with Gasteiger partial charge in [-0.1, -0.05) is 57.9 Å². The Morgan fingerprint density at radius 3 is 2.59 bits per heavy atom. The van der Waals surface area contributed by atoms with Gasteiger partial charge in [0.2, 0.25) is 0 Å². The number of rotatable bonds is 13. The lowest BCUT2D eigenvalue weighted by Crippen LogP contribution is -2.26. The van der Waals surface area contributed by atoms with Crippen molar-refractivity contribution in [3.8, 4) is 0 Å². The molecule has 0 spiro atoms. The van der Waals surface area contributed by atoms with Crippen molar-refractivity contribution in [2.75, 3.05) is 0 Å². The van der Waals surface area contributed by atoms with E-state index < -0.39 is 12.2 Å². The molecule has 1 aliphatic rings. The van der Waals surface area contributed by atoms with E-state index in [9.17, 15) is 10.2 Å². The highest BCUT2D eigenvalue weighted by molar-refractivity contribution is 4.85. The molecule has 4 atom stereocenters. The van der Waals surface area contributed by atoms with Gasteiger partial charge in [-0.15, -0.1) is 6.58 Å². The monoisotopic (exact) mass is 312 g/mol. The summed E-state index contributed by atoms with van der Waals surface area (Å²) >= 11 is 0. The molecule has 1 saturated heterocycles. The van der Waals surface area contributed by atoms with Crippen LogP contribution >= 0.6 is 0 Å². The minimum Gasteiger partial charge on any atom is -0.390 e. The van der Waals surface area contributed by atoms with Crippen LogP contribution < -0.4 is 0 Å². The molecular formula is C19H36O3. The smallest absolute Gasteiger partial charge is 0.0864 e. The first-order valence-corrected chi connectivity index (χ1v) is 9.31. The first-order valence-electron chi connectivity index (χ1n) is 9.31. The first-order chi connectivity index (χ1) is 10.7. The lowest BCUT2D eigenvalue weighted by molar-refractivity contribution is -0.0498. The topological polar surface area (TPSA) is 49.7 Å². The summed E-state index contributed by atoms with van der Waals surface area (Å²) in [5.74, 6) is 0. The maximum absolute atomic E-state index is 10.2. The molecular weight excluding hydrogens is 276 g/mol. The highest BCUT2D eigenvalue weighted by Crippen LogP contribution is 2.28. The Balaban J connectivity index is 2.10. The van der Waals surface area contributed by atoms with E-state index in [1.165, 1.54) is 38.5 Å². The van der Waals surface area contributed by atoms with Gasteiger partial charge in [0.05, 0.1) is 24.4 Å². The van der Waals surface area contributed by atoms with Gasteiger partial charge in [0, 0.05) is 6.42 Å². The minimum absolute atomic E-state index is 0.0647. The zero-order valence-electron chi connectivity index (χ0n) is 14.4. The number of allylic oxidation sites excluding steroid dienone is 1. The third-order valence-electron chi connectivity index (χ3n) is 4.68. The van der Waals surface area contributed by atoms with Crippen molar-refractivity contribution in [2.24, 2.45) is 0 Å². The lowest BCUT2D eigenvalue weighted by atomic mass is 10.0. The third kappa shape index (κ3) is 7.75. The Labute approximate surface area is 136 Å². The molecule has 1 heterocycles. The van der Waals surface area contributed by atoms with Gasteiger partial charge < -0.3 is 14.9 Å². The van der Waals surface area contributed by atoms with Crippen molar-refractivity contribution in [1.29, 1.82) is 0 Å². The van der Waals surface area contributed by atoms with E-state index in [0.29, 0.717) is 6.42 Å². The Hall–Kier alpha value is -0.380. The van der Waals surface area contributed by atoms with Crippen LogP contribution in [0.3, 0.4) is 0 Å². The SMILES string of the molecule is C=CCCCCCCC[C@H](O)[C@@H]1C[C@@H](O)[C@H](CCCCC)O1. The second-order valence-electron chi connectivity index (χ2n) is 6.71. The standard InChI is InChI=1S/C19H36O3/c1-3-5-7-8-9-10-12-13-16(20)19-15-17(21)18(22-19)14-11-6-4-2/h3,16-21H,1,4-15H2,2H3/t16-,17+,18-,19-/m0/s1. The van der Waals surface area contributed by atoms with Gasteiger partial charge in [0.25, 0.3) is 0 Å². The fourth-order valence-corrected chi connectivity index (χ4v) is 3.22. The van der Waals surface area contributed by atoms with Crippen LogP contribution in [0, 0.1) is 0 Å². The summed E-state index contributed by atoms with van der Waals surface area (Å²) in [6.07, 6.45) is 13.7. The van der Waals surface area contributed by atoms with Crippen LogP contribution in [0.1, 0.15) is 84.0 Å². The number of ether oxygens (including phenoxy) is 1. The second-order valence-corrected chi connectivity index (χ2v) is 6.71. The van der Waals surface area contributed by atoms with Gasteiger partial charge in [0.15, 0.2) is 0 Å². The van der Waals surface area contributed by atoms with E-state index in [-0.39, 0.29) is 12.2 Å². The fraction of sp³-hybridized carbons (Fsp3) is 0.895. The van der Waals surface area contributed by atoms with E-state index in [1.807, 2.05) is 6.08 Å². The molecule has 0 aromatic carbocycles. The van der Waals surface area contributed by atoms with Crippen molar-refractivity contribution < 1.29 is 14.9 Å². The van der Waals surface area contributed by atoms with E-state index >= 15 is 0 Å².